The molecule has 0 aliphatic heterocycles. The van der Waals surface area contributed by atoms with Crippen LogP contribution < -0.4 is 26.6 Å². The van der Waals surface area contributed by atoms with Crippen molar-refractivity contribution in [2.24, 2.45) is 7.05 Å². The second-order valence-electron chi connectivity index (χ2n) is 10.5. The van der Waals surface area contributed by atoms with E-state index in [4.69, 9.17) is 9.84 Å². The highest BCUT2D eigenvalue weighted by Crippen LogP contribution is 2.29. The Morgan fingerprint density at radius 3 is 2.73 bits per heavy atom. The lowest BCUT2D eigenvalue weighted by Crippen LogP contribution is -2.48. The maximum absolute atomic E-state index is 13.9. The van der Waals surface area contributed by atoms with E-state index < -0.39 is 24.1 Å². The predicted molar refractivity (Wildman–Crippen MR) is 167 cm³/mol. The van der Waals surface area contributed by atoms with Crippen LogP contribution in [0.2, 0.25) is 0 Å². The molecule has 4 aromatic rings. The van der Waals surface area contributed by atoms with E-state index in [-0.39, 0.29) is 6.54 Å². The molecule has 44 heavy (non-hydrogen) atoms. The quantitative estimate of drug-likeness (QED) is 0.154. The van der Waals surface area contributed by atoms with Gasteiger partial charge in [-0.2, -0.15) is 9.49 Å². The summed E-state index contributed by atoms with van der Waals surface area (Å²) in [6, 6.07) is 10.8. The smallest absolute Gasteiger partial charge is 0.320 e. The van der Waals surface area contributed by atoms with Crippen LogP contribution in [0.4, 0.5) is 15.0 Å². The van der Waals surface area contributed by atoms with Gasteiger partial charge in [0.25, 0.3) is 0 Å². The number of aromatic nitrogens is 5. The first-order valence-corrected chi connectivity index (χ1v) is 14.5. The van der Waals surface area contributed by atoms with Crippen LogP contribution >= 0.6 is 0 Å². The van der Waals surface area contributed by atoms with E-state index in [2.05, 4.69) is 38.1 Å². The molecule has 0 saturated heterocycles. The number of carbonyl (C=O) groups is 1. The molecule has 1 aliphatic carbocycles. The van der Waals surface area contributed by atoms with Crippen LogP contribution in [0.1, 0.15) is 35.8 Å². The number of nitrogens with one attached hydrogen (secondary N) is 3. The number of benzene rings is 1. The van der Waals surface area contributed by atoms with Crippen LogP contribution in [-0.2, 0) is 11.8 Å². The average molecular weight is 601 g/mol. The van der Waals surface area contributed by atoms with Gasteiger partial charge in [0.05, 0.1) is 41.1 Å². The van der Waals surface area contributed by atoms with Gasteiger partial charge in [-0.25, -0.2) is 19.4 Å². The first-order chi connectivity index (χ1) is 21.4. The summed E-state index contributed by atoms with van der Waals surface area (Å²) in [6.07, 6.45) is 9.88. The molecule has 3 aromatic heterocycles. The number of carbonyl (C=O) groups excluding carboxylic acids is 1. The van der Waals surface area contributed by atoms with E-state index in [1.165, 1.54) is 12.3 Å². The molecule has 4 N–H and O–H groups in total. The molecule has 3 heterocycles. The fourth-order valence-corrected chi connectivity index (χ4v) is 5.14. The van der Waals surface area contributed by atoms with Gasteiger partial charge in [0.15, 0.2) is 0 Å². The summed E-state index contributed by atoms with van der Waals surface area (Å²) in [5.41, 5.74) is 3.44. The van der Waals surface area contributed by atoms with Gasteiger partial charge >= 0.3 is 6.03 Å². The second kappa shape index (κ2) is 14.2. The number of aliphatic hydroxyl groups excluding tert-OH is 1. The van der Waals surface area contributed by atoms with Crippen molar-refractivity contribution in [3.63, 3.8) is 0 Å². The van der Waals surface area contributed by atoms with Crippen LogP contribution in [0.5, 0.6) is 0 Å². The number of pyridine rings is 1. The Bertz CT molecular complexity index is 1750. The third-order valence-corrected chi connectivity index (χ3v) is 7.44. The molecule has 2 atom stereocenters. The molecule has 0 saturated carbocycles. The summed E-state index contributed by atoms with van der Waals surface area (Å²) in [5.74, 6) is -0.244. The number of methoxy groups -OCH3 is 1. The number of allylic oxidation sites excluding steroid dienone is 2. The van der Waals surface area contributed by atoms with Crippen molar-refractivity contribution in [1.29, 1.82) is 0 Å². The number of para-hydroxylation sites is 1. The van der Waals surface area contributed by atoms with Crippen LogP contribution in [-0.4, -0.2) is 68.3 Å². The van der Waals surface area contributed by atoms with Crippen molar-refractivity contribution >= 4 is 29.6 Å². The normalized spacial score (nSPS) is 17.0. The minimum atomic E-state index is -1.21. The van der Waals surface area contributed by atoms with Crippen LogP contribution in [0, 0.1) is 12.9 Å². The fourth-order valence-electron chi connectivity index (χ4n) is 5.14. The van der Waals surface area contributed by atoms with E-state index in [0.717, 1.165) is 46.4 Å². The van der Waals surface area contributed by atoms with Crippen LogP contribution in [0.15, 0.2) is 61.1 Å². The van der Waals surface area contributed by atoms with Gasteiger partial charge < -0.3 is 25.0 Å². The minimum absolute atomic E-state index is 0.204. The first kappa shape index (κ1) is 30.8. The van der Waals surface area contributed by atoms with Crippen LogP contribution in [0.3, 0.4) is 0 Å². The van der Waals surface area contributed by atoms with Gasteiger partial charge in [0.2, 0.25) is 5.95 Å². The molecule has 1 aromatic carbocycles. The second-order valence-corrected chi connectivity index (χ2v) is 10.5. The fraction of sp³-hybridized carbons (Fsp3) is 0.312. The maximum Gasteiger partial charge on any atom is 0.320 e. The number of anilines is 1. The van der Waals surface area contributed by atoms with Crippen molar-refractivity contribution < 1.29 is 19.0 Å². The number of imidazole rings is 1. The lowest BCUT2D eigenvalue weighted by Gasteiger charge is -2.25. The molecule has 12 heteroatoms. The Morgan fingerprint density at radius 1 is 1.16 bits per heavy atom. The molecule has 0 unspecified atom stereocenters. The van der Waals surface area contributed by atoms with Crippen molar-refractivity contribution in [1.82, 2.24) is 34.9 Å². The number of amides is 2. The maximum atomic E-state index is 13.9. The number of ether oxygens (including phenoxy) is 1. The molecule has 0 bridgehead atoms. The Labute approximate surface area is 254 Å². The number of aliphatic hydroxyl groups is 1. The van der Waals surface area contributed by atoms with Crippen molar-refractivity contribution in [3.05, 3.63) is 94.5 Å². The van der Waals surface area contributed by atoms with Gasteiger partial charge in [-0.3, -0.25) is 5.32 Å². The molecule has 2 amide bonds. The third-order valence-electron chi connectivity index (χ3n) is 7.44. The average Bonchev–Trinajstić information content (AvgIpc) is 3.52. The van der Waals surface area contributed by atoms with Gasteiger partial charge in [0, 0.05) is 44.6 Å². The van der Waals surface area contributed by atoms with E-state index in [9.17, 15) is 14.3 Å². The highest BCUT2D eigenvalue weighted by atomic mass is 19.1. The molecule has 230 valence electrons. The number of rotatable bonds is 11. The molecule has 5 rings (SSSR count). The number of hydrogen-bond acceptors (Lipinski definition) is 7. The largest absolute Gasteiger partial charge is 0.386 e. The highest BCUT2D eigenvalue weighted by Gasteiger charge is 2.26. The van der Waals surface area contributed by atoms with E-state index in [0.29, 0.717) is 30.2 Å². The van der Waals surface area contributed by atoms with Crippen molar-refractivity contribution in [2.75, 3.05) is 32.1 Å². The monoisotopic (exact) mass is 600 g/mol. The standard InChI is InChI=1S/C32H37FN8O3/c1-21-29(22-9-7-8-12-27-25(17-22)36-20-40(27)2)39-41(24-10-5-4-6-11-24)31(21)38-32(43)37-26(19-34-15-16-44-3)30(42)23-13-14-35-28(33)18-23/h4-6,9-14,17-18,20,26,30,34,42H,7-8,15-16,19H2,1-3H3,(H2,37,38,43)/b22-9+,25-17+,27-12-/t26-,30+/m1/s1. The van der Waals surface area contributed by atoms with Crippen molar-refractivity contribution in [2.45, 2.75) is 31.9 Å². The number of aryl methyl sites for hydroxylation is 1. The predicted octanol–water partition coefficient (Wildman–Crippen LogP) is 2.35. The zero-order chi connectivity index (χ0) is 31.1. The highest BCUT2D eigenvalue weighted by molar-refractivity contribution is 5.93. The zero-order valence-corrected chi connectivity index (χ0v) is 25.0. The summed E-state index contributed by atoms with van der Waals surface area (Å²) in [6.45, 7) is 3.06. The Hall–Kier alpha value is -4.65. The summed E-state index contributed by atoms with van der Waals surface area (Å²) >= 11 is 0. The molecule has 0 spiro atoms. The molecular weight excluding hydrogens is 563 g/mol. The number of halogens is 1. The summed E-state index contributed by atoms with van der Waals surface area (Å²) in [4.78, 5) is 21.7. The Kier molecular flexibility index (Phi) is 9.95. The molecule has 1 aliphatic rings. The zero-order valence-electron chi connectivity index (χ0n) is 25.0. The number of nitrogens with zero attached hydrogens (tertiary/aromatic N) is 5. The van der Waals surface area contributed by atoms with E-state index >= 15 is 0 Å². The Morgan fingerprint density at radius 2 is 1.95 bits per heavy atom. The Balaban J connectivity index is 1.47. The summed E-state index contributed by atoms with van der Waals surface area (Å²) in [7, 11) is 3.56. The minimum Gasteiger partial charge on any atom is -0.386 e. The third kappa shape index (κ3) is 7.10. The van der Waals surface area contributed by atoms with Gasteiger partial charge in [0.1, 0.15) is 11.9 Å². The lowest BCUT2D eigenvalue weighted by atomic mass is 10.0. The van der Waals surface area contributed by atoms with Gasteiger partial charge in [-0.05, 0) is 55.7 Å². The topological polar surface area (TPSA) is 131 Å². The first-order valence-electron chi connectivity index (χ1n) is 14.5. The number of fused-ring (bicyclic) bond motifs is 1. The summed E-state index contributed by atoms with van der Waals surface area (Å²) < 4.78 is 22.6. The summed E-state index contributed by atoms with van der Waals surface area (Å²) in [5, 5.41) is 27.0. The molecule has 11 nitrogen and oxygen atoms in total. The SMILES string of the molecule is COCCNC[C@@H](NC(=O)Nc1c(C)c(C2=C/CC/C=c3/c(ncn3C)=C\2)nn1-c1ccccc1)[C@@H](O)c1ccnc(F)c1. The van der Waals surface area contributed by atoms with Crippen molar-refractivity contribution in [3.8, 4) is 5.69 Å². The van der Waals surface area contributed by atoms with Crippen LogP contribution in [0.25, 0.3) is 23.4 Å². The molecule has 0 fully saturated rings. The molecule has 0 radical (unpaired) electrons. The van der Waals surface area contributed by atoms with E-state index in [1.54, 1.807) is 18.1 Å². The number of hydrogen-bond donors (Lipinski definition) is 4. The van der Waals surface area contributed by atoms with Gasteiger partial charge in [-0.15, -0.1) is 0 Å². The van der Waals surface area contributed by atoms with Gasteiger partial charge in [-0.1, -0.05) is 30.4 Å². The lowest BCUT2D eigenvalue weighted by molar-refractivity contribution is 0.127. The molecular formula is C32H37FN8O3. The number of urea groups is 1. The van der Waals surface area contributed by atoms with E-state index in [1.807, 2.05) is 54.9 Å².